The zero-order valence-electron chi connectivity index (χ0n) is 18.1. The van der Waals surface area contributed by atoms with E-state index in [0.29, 0.717) is 12.1 Å². The first-order valence-corrected chi connectivity index (χ1v) is 11.1. The number of rotatable bonds is 9. The first-order valence-electron chi connectivity index (χ1n) is 11.1. The minimum Gasteiger partial charge on any atom is -0.352 e. The van der Waals surface area contributed by atoms with E-state index < -0.39 is 5.54 Å². The van der Waals surface area contributed by atoms with Crippen LogP contribution in [0.1, 0.15) is 33.5 Å². The normalized spacial score (nSPS) is 11.1. The Morgan fingerprint density at radius 1 is 0.562 bits per heavy atom. The number of carbonyl (C=O) groups excluding carboxylic acids is 1. The molecule has 4 aromatic carbocycles. The van der Waals surface area contributed by atoms with E-state index in [4.69, 9.17) is 0 Å². The summed E-state index contributed by atoms with van der Waals surface area (Å²) in [6.45, 7) is 1.35. The van der Waals surface area contributed by atoms with Gasteiger partial charge in [-0.05, 0) is 41.8 Å². The lowest BCUT2D eigenvalue weighted by Crippen LogP contribution is -2.45. The highest BCUT2D eigenvalue weighted by molar-refractivity contribution is 5.94. The number of carbonyl (C=O) groups is 1. The summed E-state index contributed by atoms with van der Waals surface area (Å²) in [6, 6.07) is 41.0. The summed E-state index contributed by atoms with van der Waals surface area (Å²) in [7, 11) is 0. The fourth-order valence-corrected chi connectivity index (χ4v) is 4.13. The molecular weight excluding hydrogens is 392 g/mol. The highest BCUT2D eigenvalue weighted by Crippen LogP contribution is 2.36. The molecule has 0 fully saturated rings. The SMILES string of the molecule is O=C(NCCCNC(c1ccccc1)(c1ccccc1)c1ccccc1)c1ccccc1. The largest absolute Gasteiger partial charge is 0.352 e. The molecule has 0 aliphatic carbocycles. The second kappa shape index (κ2) is 10.6. The summed E-state index contributed by atoms with van der Waals surface area (Å²) < 4.78 is 0. The summed E-state index contributed by atoms with van der Waals surface area (Å²) in [4.78, 5) is 12.3. The van der Waals surface area contributed by atoms with E-state index in [2.05, 4.69) is 83.4 Å². The summed E-state index contributed by atoms with van der Waals surface area (Å²) in [5.41, 5.74) is 3.77. The van der Waals surface area contributed by atoms with Gasteiger partial charge in [-0.25, -0.2) is 0 Å². The van der Waals surface area contributed by atoms with Gasteiger partial charge < -0.3 is 5.32 Å². The van der Waals surface area contributed by atoms with Gasteiger partial charge in [0.25, 0.3) is 5.91 Å². The van der Waals surface area contributed by atoms with Crippen LogP contribution >= 0.6 is 0 Å². The average molecular weight is 421 g/mol. The van der Waals surface area contributed by atoms with E-state index in [9.17, 15) is 4.79 Å². The van der Waals surface area contributed by atoms with Crippen LogP contribution in [0, 0.1) is 0 Å². The smallest absolute Gasteiger partial charge is 0.251 e. The van der Waals surface area contributed by atoms with Crippen LogP contribution in [0.4, 0.5) is 0 Å². The first kappa shape index (κ1) is 21.5. The molecule has 1 amide bonds. The van der Waals surface area contributed by atoms with Gasteiger partial charge >= 0.3 is 0 Å². The maximum absolute atomic E-state index is 12.3. The van der Waals surface area contributed by atoms with Gasteiger partial charge in [-0.15, -0.1) is 0 Å². The van der Waals surface area contributed by atoms with Crippen molar-refractivity contribution in [3.05, 3.63) is 144 Å². The fourth-order valence-electron chi connectivity index (χ4n) is 4.13. The summed E-state index contributed by atoms with van der Waals surface area (Å²) in [5.74, 6) is -0.0361. The molecule has 0 saturated carbocycles. The topological polar surface area (TPSA) is 41.1 Å². The van der Waals surface area contributed by atoms with E-state index in [1.165, 1.54) is 16.7 Å². The molecular formula is C29H28N2O. The lowest BCUT2D eigenvalue weighted by molar-refractivity contribution is 0.0953. The van der Waals surface area contributed by atoms with Crippen LogP contribution in [-0.4, -0.2) is 19.0 Å². The van der Waals surface area contributed by atoms with E-state index in [1.807, 2.05) is 48.5 Å². The Morgan fingerprint density at radius 3 is 1.41 bits per heavy atom. The zero-order valence-corrected chi connectivity index (χ0v) is 18.1. The van der Waals surface area contributed by atoms with Crippen molar-refractivity contribution in [2.75, 3.05) is 13.1 Å². The van der Waals surface area contributed by atoms with Crippen LogP contribution < -0.4 is 10.6 Å². The van der Waals surface area contributed by atoms with E-state index in [-0.39, 0.29) is 5.91 Å². The standard InChI is InChI=1S/C29H28N2O/c32-28(24-14-5-1-6-15-24)30-22-13-23-31-29(25-16-7-2-8-17-25,26-18-9-3-10-19-26)27-20-11-4-12-21-27/h1-12,14-21,31H,13,22-23H2,(H,30,32). The molecule has 0 saturated heterocycles. The Labute approximate surface area is 190 Å². The molecule has 0 unspecified atom stereocenters. The molecule has 32 heavy (non-hydrogen) atoms. The Balaban J connectivity index is 1.55. The van der Waals surface area contributed by atoms with Gasteiger partial charge in [-0.2, -0.15) is 0 Å². The predicted octanol–water partition coefficient (Wildman–Crippen LogP) is 5.39. The second-order valence-corrected chi connectivity index (χ2v) is 7.75. The fraction of sp³-hybridized carbons (Fsp3) is 0.138. The van der Waals surface area contributed by atoms with Crippen LogP contribution in [-0.2, 0) is 5.54 Å². The lowest BCUT2D eigenvalue weighted by atomic mass is 9.77. The van der Waals surface area contributed by atoms with Crippen molar-refractivity contribution >= 4 is 5.91 Å². The molecule has 3 heteroatoms. The average Bonchev–Trinajstić information content (AvgIpc) is 2.88. The van der Waals surface area contributed by atoms with Crippen molar-refractivity contribution in [2.24, 2.45) is 0 Å². The van der Waals surface area contributed by atoms with Crippen LogP contribution in [0.3, 0.4) is 0 Å². The Morgan fingerprint density at radius 2 is 0.969 bits per heavy atom. The van der Waals surface area contributed by atoms with Gasteiger partial charge in [0, 0.05) is 12.1 Å². The van der Waals surface area contributed by atoms with E-state index >= 15 is 0 Å². The summed E-state index contributed by atoms with van der Waals surface area (Å²) in [6.07, 6.45) is 0.812. The minimum absolute atomic E-state index is 0.0361. The van der Waals surface area contributed by atoms with Crippen molar-refractivity contribution in [1.82, 2.24) is 10.6 Å². The Bertz CT molecular complexity index is 1000. The van der Waals surface area contributed by atoms with Crippen molar-refractivity contribution in [2.45, 2.75) is 12.0 Å². The number of hydrogen-bond acceptors (Lipinski definition) is 2. The molecule has 3 nitrogen and oxygen atoms in total. The summed E-state index contributed by atoms with van der Waals surface area (Å²) >= 11 is 0. The van der Waals surface area contributed by atoms with Gasteiger partial charge in [0.05, 0.1) is 5.54 Å². The zero-order chi connectivity index (χ0) is 22.1. The van der Waals surface area contributed by atoms with Gasteiger partial charge in [0.2, 0.25) is 0 Å². The molecule has 0 radical (unpaired) electrons. The Kier molecular flexibility index (Phi) is 7.11. The number of benzene rings is 4. The maximum atomic E-state index is 12.3. The van der Waals surface area contributed by atoms with Crippen molar-refractivity contribution < 1.29 is 4.79 Å². The van der Waals surface area contributed by atoms with Crippen LogP contribution in [0.5, 0.6) is 0 Å². The molecule has 4 aromatic rings. The molecule has 160 valence electrons. The van der Waals surface area contributed by atoms with Crippen LogP contribution in [0.2, 0.25) is 0 Å². The third-order valence-electron chi connectivity index (χ3n) is 5.69. The van der Waals surface area contributed by atoms with Gasteiger partial charge in [0.1, 0.15) is 0 Å². The van der Waals surface area contributed by atoms with E-state index in [0.717, 1.165) is 13.0 Å². The second-order valence-electron chi connectivity index (χ2n) is 7.75. The van der Waals surface area contributed by atoms with Crippen molar-refractivity contribution in [1.29, 1.82) is 0 Å². The molecule has 0 aliphatic heterocycles. The molecule has 0 spiro atoms. The van der Waals surface area contributed by atoms with Crippen molar-refractivity contribution in [3.63, 3.8) is 0 Å². The van der Waals surface area contributed by atoms with Crippen LogP contribution in [0.25, 0.3) is 0 Å². The third kappa shape index (κ3) is 4.79. The minimum atomic E-state index is -0.479. The molecule has 0 atom stereocenters. The monoisotopic (exact) mass is 420 g/mol. The molecule has 4 rings (SSSR count). The summed E-state index contributed by atoms with van der Waals surface area (Å²) in [5, 5.41) is 6.87. The predicted molar refractivity (Wildman–Crippen MR) is 131 cm³/mol. The highest BCUT2D eigenvalue weighted by Gasteiger charge is 2.35. The van der Waals surface area contributed by atoms with Crippen molar-refractivity contribution in [3.8, 4) is 0 Å². The maximum Gasteiger partial charge on any atom is 0.251 e. The quantitative estimate of drug-likeness (QED) is 0.282. The van der Waals surface area contributed by atoms with Gasteiger partial charge in [-0.1, -0.05) is 109 Å². The van der Waals surface area contributed by atoms with Gasteiger partial charge in [-0.3, -0.25) is 10.1 Å². The number of nitrogens with one attached hydrogen (secondary N) is 2. The molecule has 0 aliphatic rings. The Hall–Kier alpha value is -3.69. The molecule has 2 N–H and O–H groups in total. The molecule has 0 heterocycles. The van der Waals surface area contributed by atoms with Gasteiger partial charge in [0.15, 0.2) is 0 Å². The molecule has 0 bridgehead atoms. The van der Waals surface area contributed by atoms with E-state index in [1.54, 1.807) is 0 Å². The lowest BCUT2D eigenvalue weighted by Gasteiger charge is -2.37. The third-order valence-corrected chi connectivity index (χ3v) is 5.69. The first-order chi connectivity index (χ1) is 15.8. The van der Waals surface area contributed by atoms with Crippen LogP contribution in [0.15, 0.2) is 121 Å². The number of hydrogen-bond donors (Lipinski definition) is 2. The highest BCUT2D eigenvalue weighted by atomic mass is 16.1. The molecule has 0 aromatic heterocycles. The number of amides is 1.